The van der Waals surface area contributed by atoms with E-state index < -0.39 is 23.0 Å². The highest BCUT2D eigenvalue weighted by atomic mass is 19.1. The summed E-state index contributed by atoms with van der Waals surface area (Å²) in [5, 5.41) is 0. The topological polar surface area (TPSA) is 43.1 Å². The molecule has 4 heteroatoms. The summed E-state index contributed by atoms with van der Waals surface area (Å²) >= 11 is 0. The summed E-state index contributed by atoms with van der Waals surface area (Å²) in [7, 11) is 0. The fraction of sp³-hybridized carbons (Fsp3) is 0.0500. The van der Waals surface area contributed by atoms with Gasteiger partial charge in [0.15, 0.2) is 0 Å². The Kier molecular flexibility index (Phi) is 4.13. The molecular weight excluding hydrogens is 308 g/mol. The van der Waals surface area contributed by atoms with Gasteiger partial charge in [0.1, 0.15) is 17.0 Å². The summed E-state index contributed by atoms with van der Waals surface area (Å²) in [6.45, 7) is 0. The smallest absolute Gasteiger partial charge is 0.237 e. The number of hydrogen-bond donors (Lipinski definition) is 1. The minimum Gasteiger partial charge on any atom is -0.368 e. The van der Waals surface area contributed by atoms with Crippen molar-refractivity contribution in [3.63, 3.8) is 0 Å². The number of carbonyl (C=O) groups is 1. The van der Waals surface area contributed by atoms with Crippen molar-refractivity contribution in [1.29, 1.82) is 0 Å². The zero-order valence-corrected chi connectivity index (χ0v) is 12.7. The summed E-state index contributed by atoms with van der Waals surface area (Å²) in [4.78, 5) is 12.6. The third-order valence-corrected chi connectivity index (χ3v) is 4.13. The van der Waals surface area contributed by atoms with Gasteiger partial charge in [0.2, 0.25) is 5.91 Å². The van der Waals surface area contributed by atoms with Crippen molar-refractivity contribution in [3.8, 4) is 0 Å². The zero-order valence-electron chi connectivity index (χ0n) is 12.7. The molecule has 0 saturated heterocycles. The van der Waals surface area contributed by atoms with Crippen LogP contribution in [0.5, 0.6) is 0 Å². The predicted molar refractivity (Wildman–Crippen MR) is 88.3 cm³/mol. The van der Waals surface area contributed by atoms with E-state index in [4.69, 9.17) is 5.73 Å². The van der Waals surface area contributed by atoms with Crippen molar-refractivity contribution >= 4 is 5.91 Å². The molecule has 0 spiro atoms. The monoisotopic (exact) mass is 323 g/mol. The van der Waals surface area contributed by atoms with Gasteiger partial charge in [-0.15, -0.1) is 0 Å². The standard InChI is InChI=1S/C20H15F2NO/c21-16-12-10-15(11-13-16)20(19(23)24,14-6-2-1-3-7-14)17-8-4-5-9-18(17)22/h1-13H,(H2,23,24)/t20-/m1/s1. The van der Waals surface area contributed by atoms with Gasteiger partial charge < -0.3 is 5.73 Å². The van der Waals surface area contributed by atoms with Crippen LogP contribution in [0.2, 0.25) is 0 Å². The second-order valence-corrected chi connectivity index (χ2v) is 5.47. The predicted octanol–water partition coefficient (Wildman–Crippen LogP) is 3.78. The number of amides is 1. The Morgan fingerprint density at radius 2 is 1.29 bits per heavy atom. The van der Waals surface area contributed by atoms with Gasteiger partial charge in [-0.1, -0.05) is 60.7 Å². The van der Waals surface area contributed by atoms with Crippen LogP contribution >= 0.6 is 0 Å². The first-order chi connectivity index (χ1) is 11.6. The van der Waals surface area contributed by atoms with Gasteiger partial charge in [-0.25, -0.2) is 8.78 Å². The Balaban J connectivity index is 2.41. The molecule has 0 aliphatic heterocycles. The van der Waals surface area contributed by atoms with Crippen LogP contribution in [0.4, 0.5) is 8.78 Å². The summed E-state index contributed by atoms with van der Waals surface area (Å²) in [5.41, 5.74) is 5.30. The third kappa shape index (κ3) is 2.46. The first-order valence-electron chi connectivity index (χ1n) is 7.43. The average Bonchev–Trinajstić information content (AvgIpc) is 2.59. The number of nitrogens with two attached hydrogens (primary N) is 1. The van der Waals surface area contributed by atoms with E-state index in [1.807, 2.05) is 0 Å². The van der Waals surface area contributed by atoms with Gasteiger partial charge in [-0.05, 0) is 29.3 Å². The molecule has 2 nitrogen and oxygen atoms in total. The molecule has 0 aromatic heterocycles. The molecule has 120 valence electrons. The highest BCUT2D eigenvalue weighted by Crippen LogP contribution is 2.40. The summed E-state index contributed by atoms with van der Waals surface area (Å²) in [6.07, 6.45) is 0. The number of halogens is 2. The van der Waals surface area contributed by atoms with Gasteiger partial charge >= 0.3 is 0 Å². The third-order valence-electron chi connectivity index (χ3n) is 4.13. The molecule has 0 heterocycles. The van der Waals surface area contributed by atoms with Crippen LogP contribution in [0.15, 0.2) is 78.9 Å². The first kappa shape index (κ1) is 15.9. The van der Waals surface area contributed by atoms with E-state index in [2.05, 4.69) is 0 Å². The van der Waals surface area contributed by atoms with Crippen LogP contribution in [-0.2, 0) is 10.2 Å². The van der Waals surface area contributed by atoms with Crippen molar-refractivity contribution < 1.29 is 13.6 Å². The quantitative estimate of drug-likeness (QED) is 0.730. The zero-order chi connectivity index (χ0) is 17.2. The lowest BCUT2D eigenvalue weighted by Crippen LogP contribution is -2.44. The Bertz CT molecular complexity index is 862. The van der Waals surface area contributed by atoms with Crippen LogP contribution in [0, 0.1) is 11.6 Å². The molecule has 1 amide bonds. The van der Waals surface area contributed by atoms with E-state index in [9.17, 15) is 13.6 Å². The molecule has 3 aromatic carbocycles. The van der Waals surface area contributed by atoms with E-state index in [-0.39, 0.29) is 5.56 Å². The first-order valence-corrected chi connectivity index (χ1v) is 7.43. The van der Waals surface area contributed by atoms with E-state index >= 15 is 0 Å². The molecule has 3 aromatic rings. The Morgan fingerprint density at radius 3 is 1.88 bits per heavy atom. The lowest BCUT2D eigenvalue weighted by molar-refractivity contribution is -0.121. The SMILES string of the molecule is NC(=O)[C@](c1ccccc1)(c1ccc(F)cc1)c1ccccc1F. The van der Waals surface area contributed by atoms with Gasteiger partial charge in [-0.3, -0.25) is 4.79 Å². The van der Waals surface area contributed by atoms with Crippen molar-refractivity contribution in [3.05, 3.63) is 107 Å². The van der Waals surface area contributed by atoms with Gasteiger partial charge in [0, 0.05) is 5.56 Å². The van der Waals surface area contributed by atoms with E-state index in [1.54, 1.807) is 42.5 Å². The number of hydrogen-bond acceptors (Lipinski definition) is 1. The number of primary amides is 1. The molecule has 3 rings (SSSR count). The molecule has 0 aliphatic carbocycles. The lowest BCUT2D eigenvalue weighted by Gasteiger charge is -2.32. The average molecular weight is 323 g/mol. The summed E-state index contributed by atoms with van der Waals surface area (Å²) in [6, 6.07) is 20.1. The van der Waals surface area contributed by atoms with Crippen molar-refractivity contribution in [1.82, 2.24) is 0 Å². The molecule has 1 atom stereocenters. The molecular formula is C20H15F2NO. The molecule has 0 radical (unpaired) electrons. The normalized spacial score (nSPS) is 13.2. The number of carbonyl (C=O) groups excluding carboxylic acids is 1. The number of rotatable bonds is 4. The van der Waals surface area contributed by atoms with Crippen LogP contribution in [0.3, 0.4) is 0 Å². The lowest BCUT2D eigenvalue weighted by atomic mass is 9.68. The van der Waals surface area contributed by atoms with Crippen LogP contribution < -0.4 is 5.73 Å². The molecule has 0 aliphatic rings. The van der Waals surface area contributed by atoms with E-state index in [1.165, 1.54) is 36.4 Å². The second kappa shape index (κ2) is 6.24. The molecule has 0 unspecified atom stereocenters. The minimum atomic E-state index is -1.54. The molecule has 0 saturated carbocycles. The van der Waals surface area contributed by atoms with E-state index in [0.717, 1.165) is 0 Å². The van der Waals surface area contributed by atoms with Gasteiger partial charge in [-0.2, -0.15) is 0 Å². The van der Waals surface area contributed by atoms with Gasteiger partial charge in [0.05, 0.1) is 0 Å². The second-order valence-electron chi connectivity index (χ2n) is 5.47. The maximum Gasteiger partial charge on any atom is 0.237 e. The molecule has 2 N–H and O–H groups in total. The maximum absolute atomic E-state index is 14.6. The van der Waals surface area contributed by atoms with Crippen molar-refractivity contribution in [2.45, 2.75) is 5.41 Å². The fourth-order valence-electron chi connectivity index (χ4n) is 3.05. The highest BCUT2D eigenvalue weighted by Gasteiger charge is 2.44. The van der Waals surface area contributed by atoms with Crippen molar-refractivity contribution in [2.75, 3.05) is 0 Å². The van der Waals surface area contributed by atoms with Crippen LogP contribution in [0.1, 0.15) is 16.7 Å². The molecule has 0 bridgehead atoms. The fourth-order valence-corrected chi connectivity index (χ4v) is 3.05. The van der Waals surface area contributed by atoms with Crippen LogP contribution in [0.25, 0.3) is 0 Å². The maximum atomic E-state index is 14.6. The summed E-state index contributed by atoms with van der Waals surface area (Å²) < 4.78 is 28.0. The van der Waals surface area contributed by atoms with Crippen molar-refractivity contribution in [2.24, 2.45) is 5.73 Å². The van der Waals surface area contributed by atoms with Gasteiger partial charge in [0.25, 0.3) is 0 Å². The van der Waals surface area contributed by atoms with Crippen LogP contribution in [-0.4, -0.2) is 5.91 Å². The largest absolute Gasteiger partial charge is 0.368 e. The van der Waals surface area contributed by atoms with E-state index in [0.29, 0.717) is 11.1 Å². The Hall–Kier alpha value is -3.01. The Morgan fingerprint density at radius 1 is 0.750 bits per heavy atom. The Labute approximate surface area is 138 Å². The minimum absolute atomic E-state index is 0.135. The number of benzene rings is 3. The molecule has 24 heavy (non-hydrogen) atoms. The molecule has 0 fully saturated rings. The highest BCUT2D eigenvalue weighted by molar-refractivity contribution is 5.95. The summed E-state index contributed by atoms with van der Waals surface area (Å²) in [5.74, 6) is -1.73.